The van der Waals surface area contributed by atoms with Crippen LogP contribution in [0.1, 0.15) is 44.7 Å². The van der Waals surface area contributed by atoms with Crippen LogP contribution in [-0.4, -0.2) is 9.55 Å². The number of hydrogen-bond donors (Lipinski definition) is 0. The molecule has 0 saturated heterocycles. The number of rotatable bonds is 3. The second-order valence-corrected chi connectivity index (χ2v) is 5.72. The molecule has 1 aromatic heterocycles. The molecule has 0 aliphatic heterocycles. The molecule has 0 aromatic carbocycles. The highest BCUT2D eigenvalue weighted by molar-refractivity contribution is 9.10. The Hall–Kier alpha value is -0.640. The highest BCUT2D eigenvalue weighted by Gasteiger charge is 2.24. The van der Waals surface area contributed by atoms with Crippen LogP contribution in [0.2, 0.25) is 0 Å². The maximum Gasteiger partial charge on any atom is 0.267 e. The predicted octanol–water partition coefficient (Wildman–Crippen LogP) is 2.93. The van der Waals surface area contributed by atoms with Gasteiger partial charge in [0.05, 0.1) is 12.0 Å². The molecule has 16 heavy (non-hydrogen) atoms. The zero-order valence-electron chi connectivity index (χ0n) is 9.74. The lowest BCUT2D eigenvalue weighted by atomic mass is 9.83. The van der Waals surface area contributed by atoms with Crippen LogP contribution in [0.5, 0.6) is 0 Å². The minimum Gasteiger partial charge on any atom is -0.298 e. The van der Waals surface area contributed by atoms with Gasteiger partial charge in [0.15, 0.2) is 0 Å². The van der Waals surface area contributed by atoms with E-state index in [1.165, 1.54) is 19.3 Å². The molecule has 88 valence electrons. The second-order valence-electron chi connectivity index (χ2n) is 4.92. The Balaban J connectivity index is 2.32. The van der Waals surface area contributed by atoms with Crippen LogP contribution in [0.4, 0.5) is 0 Å². The summed E-state index contributed by atoms with van der Waals surface area (Å²) in [5, 5.41) is 0. The Kier molecular flexibility index (Phi) is 3.47. The molecule has 0 bridgehead atoms. The van der Waals surface area contributed by atoms with E-state index in [0.29, 0.717) is 16.3 Å². The molecule has 1 aliphatic carbocycles. The zero-order chi connectivity index (χ0) is 11.7. The van der Waals surface area contributed by atoms with Gasteiger partial charge in [0.1, 0.15) is 4.47 Å². The molecule has 1 aliphatic rings. The van der Waals surface area contributed by atoms with E-state index in [1.807, 2.05) is 0 Å². The molecule has 0 spiro atoms. The fourth-order valence-corrected chi connectivity index (χ4v) is 2.62. The molecule has 2 rings (SSSR count). The van der Waals surface area contributed by atoms with E-state index in [0.717, 1.165) is 12.2 Å². The van der Waals surface area contributed by atoms with Gasteiger partial charge >= 0.3 is 0 Å². The minimum absolute atomic E-state index is 0.0607. The highest BCUT2D eigenvalue weighted by Crippen LogP contribution is 2.37. The van der Waals surface area contributed by atoms with Gasteiger partial charge in [0, 0.05) is 12.5 Å². The summed E-state index contributed by atoms with van der Waals surface area (Å²) in [5.41, 5.74) is 1.02. The first-order valence-corrected chi connectivity index (χ1v) is 6.63. The lowest BCUT2D eigenvalue weighted by molar-refractivity contribution is 0.404. The molecule has 3 nitrogen and oxygen atoms in total. The van der Waals surface area contributed by atoms with Crippen LogP contribution in [0.25, 0.3) is 0 Å². The largest absolute Gasteiger partial charge is 0.298 e. The molecule has 1 heterocycles. The van der Waals surface area contributed by atoms with E-state index in [4.69, 9.17) is 0 Å². The average Bonchev–Trinajstić information content (AvgIpc) is 2.14. The lowest BCUT2D eigenvalue weighted by Gasteiger charge is -2.25. The number of hydrogen-bond acceptors (Lipinski definition) is 2. The van der Waals surface area contributed by atoms with Gasteiger partial charge in [-0.1, -0.05) is 20.3 Å². The van der Waals surface area contributed by atoms with Crippen molar-refractivity contribution in [1.29, 1.82) is 0 Å². The number of halogens is 1. The summed E-state index contributed by atoms with van der Waals surface area (Å²) >= 11 is 3.40. The third-order valence-electron chi connectivity index (χ3n) is 3.06. The first kappa shape index (κ1) is 11.8. The molecule has 1 aromatic rings. The third-order valence-corrected chi connectivity index (χ3v) is 3.81. The lowest BCUT2D eigenvalue weighted by Crippen LogP contribution is -2.26. The van der Waals surface area contributed by atoms with Crippen molar-refractivity contribution in [3.8, 4) is 0 Å². The molecule has 1 saturated carbocycles. The molecule has 0 N–H and O–H groups in total. The van der Waals surface area contributed by atoms with Crippen LogP contribution in [0.15, 0.2) is 15.6 Å². The maximum absolute atomic E-state index is 12.0. The van der Waals surface area contributed by atoms with E-state index in [2.05, 4.69) is 34.8 Å². The van der Waals surface area contributed by atoms with Gasteiger partial charge in [-0.3, -0.25) is 9.36 Å². The van der Waals surface area contributed by atoms with Crippen molar-refractivity contribution >= 4 is 15.9 Å². The van der Waals surface area contributed by atoms with Crippen molar-refractivity contribution in [2.45, 2.75) is 45.6 Å². The standard InChI is InChI=1S/C12H17BrN2O/c1-8(2)6-15-7-14-11(9-4-3-5-9)10(13)12(15)16/h7-9H,3-6H2,1-2H3. The summed E-state index contributed by atoms with van der Waals surface area (Å²) in [6.07, 6.45) is 5.28. The van der Waals surface area contributed by atoms with Crippen molar-refractivity contribution in [3.63, 3.8) is 0 Å². The van der Waals surface area contributed by atoms with Gasteiger partial charge in [0.25, 0.3) is 5.56 Å². The SMILES string of the molecule is CC(C)Cn1cnc(C2CCC2)c(Br)c1=O. The van der Waals surface area contributed by atoms with Crippen LogP contribution >= 0.6 is 15.9 Å². The van der Waals surface area contributed by atoms with E-state index < -0.39 is 0 Å². The van der Waals surface area contributed by atoms with E-state index in [9.17, 15) is 4.79 Å². The molecule has 0 amide bonds. The van der Waals surface area contributed by atoms with Crippen molar-refractivity contribution in [3.05, 3.63) is 26.8 Å². The van der Waals surface area contributed by atoms with Crippen molar-refractivity contribution in [2.75, 3.05) is 0 Å². The van der Waals surface area contributed by atoms with Crippen molar-refractivity contribution < 1.29 is 0 Å². The second kappa shape index (κ2) is 4.70. The topological polar surface area (TPSA) is 34.9 Å². The van der Waals surface area contributed by atoms with Crippen LogP contribution in [-0.2, 0) is 6.54 Å². The molecular formula is C12H17BrN2O. The Morgan fingerprint density at radius 2 is 2.25 bits per heavy atom. The highest BCUT2D eigenvalue weighted by atomic mass is 79.9. The molecule has 4 heteroatoms. The van der Waals surface area contributed by atoms with Gasteiger partial charge in [0.2, 0.25) is 0 Å². The number of aromatic nitrogens is 2. The summed E-state index contributed by atoms with van der Waals surface area (Å²) in [6.45, 7) is 4.93. The fraction of sp³-hybridized carbons (Fsp3) is 0.667. The predicted molar refractivity (Wildman–Crippen MR) is 67.6 cm³/mol. The molecular weight excluding hydrogens is 268 g/mol. The molecule has 0 unspecified atom stereocenters. The van der Waals surface area contributed by atoms with Gasteiger partial charge < -0.3 is 0 Å². The summed E-state index contributed by atoms with van der Waals surface area (Å²) in [7, 11) is 0. The Morgan fingerprint density at radius 1 is 1.56 bits per heavy atom. The third kappa shape index (κ3) is 2.21. The fourth-order valence-electron chi connectivity index (χ4n) is 1.97. The van der Waals surface area contributed by atoms with Gasteiger partial charge in [-0.15, -0.1) is 0 Å². The van der Waals surface area contributed by atoms with Gasteiger partial charge in [-0.05, 0) is 34.7 Å². The van der Waals surface area contributed by atoms with E-state index in [-0.39, 0.29) is 5.56 Å². The normalized spacial score (nSPS) is 16.5. The monoisotopic (exact) mass is 284 g/mol. The van der Waals surface area contributed by atoms with Crippen molar-refractivity contribution in [1.82, 2.24) is 9.55 Å². The summed E-state index contributed by atoms with van der Waals surface area (Å²) < 4.78 is 2.36. The van der Waals surface area contributed by atoms with Crippen LogP contribution < -0.4 is 5.56 Å². The van der Waals surface area contributed by atoms with Gasteiger partial charge in [-0.25, -0.2) is 4.98 Å². The zero-order valence-corrected chi connectivity index (χ0v) is 11.3. The molecule has 0 atom stereocenters. The minimum atomic E-state index is 0.0607. The van der Waals surface area contributed by atoms with E-state index in [1.54, 1.807) is 10.9 Å². The number of nitrogens with zero attached hydrogens (tertiary/aromatic N) is 2. The Labute approximate surface area is 104 Å². The summed E-state index contributed by atoms with van der Waals surface area (Å²) in [6, 6.07) is 0. The molecule has 0 radical (unpaired) electrons. The first-order valence-electron chi connectivity index (χ1n) is 5.84. The quantitative estimate of drug-likeness (QED) is 0.855. The first-order chi connectivity index (χ1) is 7.59. The molecule has 1 fully saturated rings. The summed E-state index contributed by atoms with van der Waals surface area (Å²) in [5.74, 6) is 0.955. The maximum atomic E-state index is 12.0. The van der Waals surface area contributed by atoms with Crippen LogP contribution in [0, 0.1) is 5.92 Å². The van der Waals surface area contributed by atoms with E-state index >= 15 is 0 Å². The van der Waals surface area contributed by atoms with Crippen molar-refractivity contribution in [2.24, 2.45) is 5.92 Å². The summed E-state index contributed by atoms with van der Waals surface area (Å²) in [4.78, 5) is 16.5. The average molecular weight is 285 g/mol. The van der Waals surface area contributed by atoms with Gasteiger partial charge in [-0.2, -0.15) is 0 Å². The smallest absolute Gasteiger partial charge is 0.267 e. The Bertz CT molecular complexity index is 435. The Morgan fingerprint density at radius 3 is 2.75 bits per heavy atom. The van der Waals surface area contributed by atoms with Crippen LogP contribution in [0.3, 0.4) is 0 Å².